The van der Waals surface area contributed by atoms with Crippen LogP contribution >= 0.6 is 11.6 Å². The number of hydrogen-bond acceptors (Lipinski definition) is 5. The Kier molecular flexibility index (Phi) is 4.93. The second kappa shape index (κ2) is 7.64. The normalized spacial score (nSPS) is 22.7. The molecule has 1 aromatic heterocycles. The molecule has 1 spiro atoms. The van der Waals surface area contributed by atoms with Crippen LogP contribution in [-0.2, 0) is 14.3 Å². The van der Waals surface area contributed by atoms with Crippen molar-refractivity contribution in [2.75, 3.05) is 11.5 Å². The maximum Gasteiger partial charge on any atom is 0.416 e. The van der Waals surface area contributed by atoms with Crippen LogP contribution in [0.3, 0.4) is 0 Å². The third-order valence-electron chi connectivity index (χ3n) is 6.67. The van der Waals surface area contributed by atoms with Gasteiger partial charge in [0.15, 0.2) is 0 Å². The SMILES string of the molecule is O=C1CCC(c2cccc(-c3ccc(N4C(=O)OCCC45CCC5)nc3)c2Cl)C(=O)N1. The van der Waals surface area contributed by atoms with Crippen molar-refractivity contribution in [3.05, 3.63) is 47.1 Å². The zero-order valence-corrected chi connectivity index (χ0v) is 17.7. The summed E-state index contributed by atoms with van der Waals surface area (Å²) in [6.07, 6.45) is 5.93. The Labute approximate surface area is 184 Å². The minimum atomic E-state index is -0.459. The molecule has 2 saturated heterocycles. The molecule has 3 aliphatic rings. The number of nitrogens with zero attached hydrogens (tertiary/aromatic N) is 2. The van der Waals surface area contributed by atoms with E-state index < -0.39 is 5.92 Å². The Balaban J connectivity index is 1.45. The molecule has 1 unspecified atom stereocenters. The van der Waals surface area contributed by atoms with Gasteiger partial charge in [0.25, 0.3) is 0 Å². The lowest BCUT2D eigenvalue weighted by Crippen LogP contribution is -2.60. The van der Waals surface area contributed by atoms with E-state index in [0.29, 0.717) is 35.9 Å². The predicted octanol–water partition coefficient (Wildman–Crippen LogP) is 4.19. The van der Waals surface area contributed by atoms with Crippen LogP contribution in [0.15, 0.2) is 36.5 Å². The quantitative estimate of drug-likeness (QED) is 0.724. The minimum Gasteiger partial charge on any atom is -0.449 e. The summed E-state index contributed by atoms with van der Waals surface area (Å²) in [4.78, 5) is 42.5. The number of carbonyl (C=O) groups excluding carboxylic acids is 3. The number of nitrogens with one attached hydrogen (secondary N) is 1. The molecule has 0 radical (unpaired) electrons. The van der Waals surface area contributed by atoms with Crippen LogP contribution in [0.5, 0.6) is 0 Å². The van der Waals surface area contributed by atoms with E-state index in [1.165, 1.54) is 0 Å². The van der Waals surface area contributed by atoms with Gasteiger partial charge in [0.05, 0.1) is 23.1 Å². The first kappa shape index (κ1) is 20.0. The monoisotopic (exact) mass is 439 g/mol. The van der Waals surface area contributed by atoms with Crippen LogP contribution in [0.25, 0.3) is 11.1 Å². The Hall–Kier alpha value is -2.93. The molecule has 0 bridgehead atoms. The fourth-order valence-corrected chi connectivity index (χ4v) is 5.17. The molecular weight excluding hydrogens is 418 g/mol. The number of pyridine rings is 1. The van der Waals surface area contributed by atoms with E-state index in [1.807, 2.05) is 30.3 Å². The molecular formula is C23H22ClN3O4. The molecule has 5 rings (SSSR count). The number of ether oxygens (including phenoxy) is 1. The summed E-state index contributed by atoms with van der Waals surface area (Å²) in [7, 11) is 0. The lowest BCUT2D eigenvalue weighted by Gasteiger charge is -2.51. The zero-order chi connectivity index (χ0) is 21.6. The molecule has 7 nitrogen and oxygen atoms in total. The molecule has 8 heteroatoms. The van der Waals surface area contributed by atoms with Gasteiger partial charge in [-0.2, -0.15) is 0 Å². The minimum absolute atomic E-state index is 0.173. The number of piperidine rings is 1. The molecule has 1 saturated carbocycles. The highest BCUT2D eigenvalue weighted by molar-refractivity contribution is 6.34. The summed E-state index contributed by atoms with van der Waals surface area (Å²) in [6.45, 7) is 0.455. The summed E-state index contributed by atoms with van der Waals surface area (Å²) < 4.78 is 5.27. The van der Waals surface area contributed by atoms with E-state index in [1.54, 1.807) is 11.1 Å². The molecule has 1 aromatic carbocycles. The molecule has 3 amide bonds. The van der Waals surface area contributed by atoms with Crippen LogP contribution in [0.4, 0.5) is 10.6 Å². The average Bonchev–Trinajstić information content (AvgIpc) is 2.73. The van der Waals surface area contributed by atoms with Gasteiger partial charge >= 0.3 is 6.09 Å². The van der Waals surface area contributed by atoms with Gasteiger partial charge in [0.1, 0.15) is 5.82 Å². The number of hydrogen-bond donors (Lipinski definition) is 1. The van der Waals surface area contributed by atoms with Gasteiger partial charge in [-0.05, 0) is 43.4 Å². The number of amides is 3. The molecule has 3 heterocycles. The van der Waals surface area contributed by atoms with Crippen molar-refractivity contribution >= 4 is 35.3 Å². The number of rotatable bonds is 3. The third kappa shape index (κ3) is 3.37. The van der Waals surface area contributed by atoms with Crippen molar-refractivity contribution in [1.29, 1.82) is 0 Å². The van der Waals surface area contributed by atoms with Crippen molar-refractivity contribution in [1.82, 2.24) is 10.3 Å². The number of anilines is 1. The van der Waals surface area contributed by atoms with Gasteiger partial charge in [-0.15, -0.1) is 0 Å². The highest BCUT2D eigenvalue weighted by Gasteiger charge is 2.49. The summed E-state index contributed by atoms with van der Waals surface area (Å²) >= 11 is 6.69. The first-order chi connectivity index (χ1) is 15.0. The smallest absolute Gasteiger partial charge is 0.416 e. The molecule has 2 aromatic rings. The van der Waals surface area contributed by atoms with Crippen molar-refractivity contribution in [3.8, 4) is 11.1 Å². The van der Waals surface area contributed by atoms with Crippen molar-refractivity contribution in [2.45, 2.75) is 50.0 Å². The summed E-state index contributed by atoms with van der Waals surface area (Å²) in [5.41, 5.74) is 2.06. The van der Waals surface area contributed by atoms with Gasteiger partial charge in [0, 0.05) is 30.2 Å². The van der Waals surface area contributed by atoms with Crippen LogP contribution in [-0.4, -0.2) is 35.0 Å². The number of halogens is 1. The largest absolute Gasteiger partial charge is 0.449 e. The Morgan fingerprint density at radius 1 is 1.13 bits per heavy atom. The highest BCUT2D eigenvalue weighted by Crippen LogP contribution is 2.45. The Morgan fingerprint density at radius 3 is 2.65 bits per heavy atom. The molecule has 2 aliphatic heterocycles. The van der Waals surface area contributed by atoms with Crippen LogP contribution in [0, 0.1) is 0 Å². The summed E-state index contributed by atoms with van der Waals surface area (Å²) in [5, 5.41) is 2.85. The molecule has 31 heavy (non-hydrogen) atoms. The van der Waals surface area contributed by atoms with Crippen LogP contribution < -0.4 is 10.2 Å². The Bertz CT molecular complexity index is 1060. The van der Waals surface area contributed by atoms with Crippen molar-refractivity contribution in [3.63, 3.8) is 0 Å². The number of carbonyl (C=O) groups is 3. The fraction of sp³-hybridized carbons (Fsp3) is 0.391. The standard InChI is InChI=1S/C23H22ClN3O4/c24-20-15(3-1-4-16(20)17-6-8-19(28)26-21(17)29)14-5-7-18(25-13-14)27-22(30)31-12-11-23(27)9-2-10-23/h1,3-5,7,13,17H,2,6,8-12H2,(H,26,28,29). The van der Waals surface area contributed by atoms with Gasteiger partial charge in [0.2, 0.25) is 11.8 Å². The van der Waals surface area contributed by atoms with Crippen molar-refractivity contribution < 1.29 is 19.1 Å². The fourth-order valence-electron chi connectivity index (χ4n) is 4.80. The maximum absolute atomic E-state index is 12.5. The van der Waals surface area contributed by atoms with E-state index >= 15 is 0 Å². The molecule has 3 fully saturated rings. The highest BCUT2D eigenvalue weighted by atomic mass is 35.5. The number of aromatic nitrogens is 1. The van der Waals surface area contributed by atoms with E-state index in [4.69, 9.17) is 16.3 Å². The predicted molar refractivity (Wildman–Crippen MR) is 115 cm³/mol. The lowest BCUT2D eigenvalue weighted by atomic mass is 9.72. The first-order valence-corrected chi connectivity index (χ1v) is 10.9. The number of cyclic esters (lactones) is 1. The molecule has 160 valence electrons. The van der Waals surface area contributed by atoms with E-state index in [2.05, 4.69) is 10.3 Å². The van der Waals surface area contributed by atoms with Gasteiger partial charge in [-0.1, -0.05) is 29.8 Å². The lowest BCUT2D eigenvalue weighted by molar-refractivity contribution is -0.134. The second-order valence-corrected chi connectivity index (χ2v) is 8.77. The number of imide groups is 1. The first-order valence-electron chi connectivity index (χ1n) is 10.5. The number of benzene rings is 1. The van der Waals surface area contributed by atoms with Crippen LogP contribution in [0.1, 0.15) is 50.0 Å². The van der Waals surface area contributed by atoms with Crippen LogP contribution in [0.2, 0.25) is 5.02 Å². The molecule has 1 atom stereocenters. The molecule has 1 N–H and O–H groups in total. The average molecular weight is 440 g/mol. The summed E-state index contributed by atoms with van der Waals surface area (Å²) in [6, 6.07) is 9.23. The topological polar surface area (TPSA) is 88.6 Å². The van der Waals surface area contributed by atoms with Crippen molar-refractivity contribution in [2.24, 2.45) is 0 Å². The van der Waals surface area contributed by atoms with Gasteiger partial charge in [-0.3, -0.25) is 19.8 Å². The Morgan fingerprint density at radius 2 is 1.97 bits per heavy atom. The third-order valence-corrected chi connectivity index (χ3v) is 7.09. The van der Waals surface area contributed by atoms with E-state index in [0.717, 1.165) is 36.8 Å². The van der Waals surface area contributed by atoms with Gasteiger partial charge < -0.3 is 4.74 Å². The van der Waals surface area contributed by atoms with Gasteiger partial charge in [-0.25, -0.2) is 9.78 Å². The second-order valence-electron chi connectivity index (χ2n) is 8.40. The molecule has 1 aliphatic carbocycles. The zero-order valence-electron chi connectivity index (χ0n) is 16.9. The van der Waals surface area contributed by atoms with E-state index in [9.17, 15) is 14.4 Å². The van der Waals surface area contributed by atoms with E-state index in [-0.39, 0.29) is 23.4 Å². The maximum atomic E-state index is 12.5. The summed E-state index contributed by atoms with van der Waals surface area (Å²) in [5.74, 6) is -0.462.